The first kappa shape index (κ1) is 15.8. The molecule has 0 aromatic heterocycles. The topological polar surface area (TPSA) is 35.6 Å². The highest BCUT2D eigenvalue weighted by atomic mass is 16.2. The molecular weight excluding hydrogens is 262 g/mol. The van der Waals surface area contributed by atoms with Gasteiger partial charge in [0, 0.05) is 39.8 Å². The van der Waals surface area contributed by atoms with Crippen LogP contribution in [0.3, 0.4) is 0 Å². The van der Waals surface area contributed by atoms with Crippen LogP contribution in [0.15, 0.2) is 24.3 Å². The maximum absolute atomic E-state index is 11.6. The molecule has 4 heteroatoms. The van der Waals surface area contributed by atoms with E-state index in [0.29, 0.717) is 0 Å². The van der Waals surface area contributed by atoms with Crippen LogP contribution in [0.4, 0.5) is 4.79 Å². The Morgan fingerprint density at radius 3 is 2.14 bits per heavy atom. The summed E-state index contributed by atoms with van der Waals surface area (Å²) in [5.74, 6) is 0. The third-order valence-electron chi connectivity index (χ3n) is 4.10. The Labute approximate surface area is 128 Å². The lowest BCUT2D eigenvalue weighted by Crippen LogP contribution is -2.50. The molecule has 2 amide bonds. The Morgan fingerprint density at radius 2 is 1.67 bits per heavy atom. The van der Waals surface area contributed by atoms with E-state index < -0.39 is 0 Å². The molecule has 0 aliphatic carbocycles. The van der Waals surface area contributed by atoms with Crippen molar-refractivity contribution in [1.29, 1.82) is 0 Å². The maximum atomic E-state index is 11.6. The van der Waals surface area contributed by atoms with Crippen LogP contribution in [0.5, 0.6) is 0 Å². The molecule has 0 atom stereocenters. The van der Waals surface area contributed by atoms with E-state index in [2.05, 4.69) is 55.3 Å². The zero-order valence-corrected chi connectivity index (χ0v) is 13.6. The van der Waals surface area contributed by atoms with Gasteiger partial charge >= 0.3 is 6.03 Å². The summed E-state index contributed by atoms with van der Waals surface area (Å²) < 4.78 is 0. The minimum absolute atomic E-state index is 0.0316. The molecule has 0 radical (unpaired) electrons. The zero-order chi connectivity index (χ0) is 15.5. The number of nitrogens with zero attached hydrogens (tertiary/aromatic N) is 2. The van der Waals surface area contributed by atoms with E-state index in [1.807, 2.05) is 4.90 Å². The third-order valence-corrected chi connectivity index (χ3v) is 4.10. The summed E-state index contributed by atoms with van der Waals surface area (Å²) in [6.07, 6.45) is 0. The lowest BCUT2D eigenvalue weighted by atomic mass is 9.87. The van der Waals surface area contributed by atoms with Crippen LogP contribution in [0.1, 0.15) is 31.9 Å². The Kier molecular flexibility index (Phi) is 4.88. The van der Waals surface area contributed by atoms with Gasteiger partial charge in [0.05, 0.1) is 0 Å². The van der Waals surface area contributed by atoms with E-state index in [9.17, 15) is 4.79 Å². The first-order valence-corrected chi connectivity index (χ1v) is 7.68. The Bertz CT molecular complexity index is 468. The van der Waals surface area contributed by atoms with Crippen LogP contribution in [-0.2, 0) is 12.0 Å². The molecule has 2 rings (SSSR count). The normalized spacial score (nSPS) is 16.9. The Morgan fingerprint density at radius 1 is 1.10 bits per heavy atom. The standard InChI is InChI=1S/C17H27N3O/c1-17(2,3)15-7-5-14(6-8-15)13-19-9-11-20(12-10-19)16(21)18-4/h5-8H,9-13H2,1-4H3,(H,18,21). The molecule has 1 N–H and O–H groups in total. The van der Waals surface area contributed by atoms with Crippen molar-refractivity contribution in [3.05, 3.63) is 35.4 Å². The van der Waals surface area contributed by atoms with Crippen molar-refractivity contribution in [2.45, 2.75) is 32.7 Å². The number of piperazine rings is 1. The second kappa shape index (κ2) is 6.48. The van der Waals surface area contributed by atoms with Crippen LogP contribution < -0.4 is 5.32 Å². The molecular formula is C17H27N3O. The number of rotatable bonds is 2. The van der Waals surface area contributed by atoms with Gasteiger partial charge in [-0.3, -0.25) is 4.90 Å². The Hall–Kier alpha value is -1.55. The molecule has 4 nitrogen and oxygen atoms in total. The zero-order valence-electron chi connectivity index (χ0n) is 13.6. The Balaban J connectivity index is 1.88. The summed E-state index contributed by atoms with van der Waals surface area (Å²) >= 11 is 0. The van der Waals surface area contributed by atoms with Gasteiger partial charge < -0.3 is 10.2 Å². The monoisotopic (exact) mass is 289 g/mol. The van der Waals surface area contributed by atoms with Gasteiger partial charge in [0.15, 0.2) is 0 Å². The summed E-state index contributed by atoms with van der Waals surface area (Å²) in [6.45, 7) is 11.2. The van der Waals surface area contributed by atoms with Crippen LogP contribution in [-0.4, -0.2) is 49.1 Å². The van der Waals surface area contributed by atoms with Crippen molar-refractivity contribution in [1.82, 2.24) is 15.1 Å². The number of hydrogen-bond acceptors (Lipinski definition) is 2. The second-order valence-corrected chi connectivity index (χ2v) is 6.77. The highest BCUT2D eigenvalue weighted by Gasteiger charge is 2.20. The molecule has 0 unspecified atom stereocenters. The van der Waals surface area contributed by atoms with E-state index in [4.69, 9.17) is 0 Å². The lowest BCUT2D eigenvalue weighted by Gasteiger charge is -2.34. The maximum Gasteiger partial charge on any atom is 0.317 e. The van der Waals surface area contributed by atoms with E-state index in [1.165, 1.54) is 11.1 Å². The number of urea groups is 1. The fourth-order valence-electron chi connectivity index (χ4n) is 2.64. The van der Waals surface area contributed by atoms with Crippen LogP contribution >= 0.6 is 0 Å². The number of amides is 2. The van der Waals surface area contributed by atoms with Gasteiger partial charge in [0.2, 0.25) is 0 Å². The third kappa shape index (κ3) is 4.21. The van der Waals surface area contributed by atoms with E-state index in [0.717, 1.165) is 32.7 Å². The average Bonchev–Trinajstić information content (AvgIpc) is 2.47. The molecule has 116 valence electrons. The minimum atomic E-state index is 0.0316. The average molecular weight is 289 g/mol. The summed E-state index contributed by atoms with van der Waals surface area (Å²) in [7, 11) is 1.69. The van der Waals surface area contributed by atoms with Gasteiger partial charge in [0.1, 0.15) is 0 Å². The molecule has 1 heterocycles. The van der Waals surface area contributed by atoms with Crippen molar-refractivity contribution < 1.29 is 4.79 Å². The van der Waals surface area contributed by atoms with Gasteiger partial charge in [-0.05, 0) is 16.5 Å². The smallest absolute Gasteiger partial charge is 0.317 e. The largest absolute Gasteiger partial charge is 0.341 e. The van der Waals surface area contributed by atoms with Crippen molar-refractivity contribution in [3.8, 4) is 0 Å². The summed E-state index contributed by atoms with van der Waals surface area (Å²) in [6, 6.07) is 8.95. The molecule has 1 fully saturated rings. The number of benzene rings is 1. The predicted octanol–water partition coefficient (Wildman–Crippen LogP) is 2.44. The first-order chi connectivity index (χ1) is 9.90. The van der Waals surface area contributed by atoms with Crippen molar-refractivity contribution in [3.63, 3.8) is 0 Å². The van der Waals surface area contributed by atoms with E-state index in [1.54, 1.807) is 7.05 Å². The van der Waals surface area contributed by atoms with Gasteiger partial charge in [-0.15, -0.1) is 0 Å². The molecule has 0 bridgehead atoms. The molecule has 1 aromatic carbocycles. The first-order valence-electron chi connectivity index (χ1n) is 7.68. The summed E-state index contributed by atoms with van der Waals surface area (Å²) in [5.41, 5.74) is 2.92. The van der Waals surface area contributed by atoms with E-state index in [-0.39, 0.29) is 11.4 Å². The fraction of sp³-hybridized carbons (Fsp3) is 0.588. The summed E-state index contributed by atoms with van der Waals surface area (Å²) in [4.78, 5) is 15.8. The van der Waals surface area contributed by atoms with Crippen molar-refractivity contribution in [2.24, 2.45) is 0 Å². The number of nitrogens with one attached hydrogen (secondary N) is 1. The van der Waals surface area contributed by atoms with Crippen LogP contribution in [0, 0.1) is 0 Å². The number of carbonyl (C=O) groups excluding carboxylic acids is 1. The summed E-state index contributed by atoms with van der Waals surface area (Å²) in [5, 5.41) is 2.69. The van der Waals surface area contributed by atoms with E-state index >= 15 is 0 Å². The van der Waals surface area contributed by atoms with Gasteiger partial charge in [-0.25, -0.2) is 4.79 Å². The minimum Gasteiger partial charge on any atom is -0.341 e. The molecule has 0 saturated carbocycles. The van der Waals surface area contributed by atoms with Gasteiger partial charge in [-0.1, -0.05) is 45.0 Å². The van der Waals surface area contributed by atoms with Crippen molar-refractivity contribution >= 4 is 6.03 Å². The molecule has 1 aliphatic heterocycles. The molecule has 0 spiro atoms. The second-order valence-electron chi connectivity index (χ2n) is 6.77. The highest BCUT2D eigenvalue weighted by molar-refractivity contribution is 5.73. The molecule has 1 saturated heterocycles. The van der Waals surface area contributed by atoms with Crippen LogP contribution in [0.2, 0.25) is 0 Å². The highest BCUT2D eigenvalue weighted by Crippen LogP contribution is 2.22. The SMILES string of the molecule is CNC(=O)N1CCN(Cc2ccc(C(C)(C)C)cc2)CC1. The number of hydrogen-bond donors (Lipinski definition) is 1. The number of carbonyl (C=O) groups is 1. The molecule has 1 aromatic rings. The quantitative estimate of drug-likeness (QED) is 0.907. The molecule has 1 aliphatic rings. The van der Waals surface area contributed by atoms with Gasteiger partial charge in [0.25, 0.3) is 0 Å². The van der Waals surface area contributed by atoms with Crippen molar-refractivity contribution in [2.75, 3.05) is 33.2 Å². The van der Waals surface area contributed by atoms with Gasteiger partial charge in [-0.2, -0.15) is 0 Å². The van der Waals surface area contributed by atoms with Crippen LogP contribution in [0.25, 0.3) is 0 Å². The lowest BCUT2D eigenvalue weighted by molar-refractivity contribution is 0.136. The molecule has 21 heavy (non-hydrogen) atoms. The predicted molar refractivity (Wildman–Crippen MR) is 86.4 cm³/mol. The fourth-order valence-corrected chi connectivity index (χ4v) is 2.64.